The molecular formula is C11H10N2O4. The lowest BCUT2D eigenvalue weighted by Crippen LogP contribution is -2.05. The van der Waals surface area contributed by atoms with Gasteiger partial charge < -0.3 is 19.9 Å². The van der Waals surface area contributed by atoms with E-state index in [4.69, 9.17) is 14.9 Å². The van der Waals surface area contributed by atoms with E-state index in [1.54, 1.807) is 12.1 Å². The predicted molar refractivity (Wildman–Crippen MR) is 58.0 cm³/mol. The van der Waals surface area contributed by atoms with Crippen molar-refractivity contribution in [2.24, 2.45) is 0 Å². The number of aromatic nitrogens is 2. The molecule has 2 aromatic rings. The van der Waals surface area contributed by atoms with E-state index in [0.29, 0.717) is 11.4 Å². The van der Waals surface area contributed by atoms with Gasteiger partial charge in [-0.25, -0.2) is 9.78 Å². The fourth-order valence-electron chi connectivity index (χ4n) is 1.31. The largest absolute Gasteiger partial charge is 0.508 e. The Balaban J connectivity index is 2.05. The molecule has 1 heterocycles. The summed E-state index contributed by atoms with van der Waals surface area (Å²) in [5.41, 5.74) is 0.342. The summed E-state index contributed by atoms with van der Waals surface area (Å²) in [6.07, 6.45) is 1.30. The zero-order valence-electron chi connectivity index (χ0n) is 8.75. The number of phenols is 1. The molecule has 0 atom stereocenters. The van der Waals surface area contributed by atoms with Gasteiger partial charge in [-0.1, -0.05) is 0 Å². The van der Waals surface area contributed by atoms with Crippen molar-refractivity contribution in [2.75, 3.05) is 0 Å². The Morgan fingerprint density at radius 1 is 1.35 bits per heavy atom. The zero-order valence-corrected chi connectivity index (χ0v) is 8.75. The second kappa shape index (κ2) is 4.56. The van der Waals surface area contributed by atoms with Gasteiger partial charge in [-0.15, -0.1) is 0 Å². The van der Waals surface area contributed by atoms with Crippen LogP contribution in [0.25, 0.3) is 0 Å². The Labute approximate surface area is 96.5 Å². The number of carboxylic acids is 1. The minimum atomic E-state index is -1.10. The Hall–Kier alpha value is -2.50. The van der Waals surface area contributed by atoms with Crippen LogP contribution in [0.4, 0.5) is 0 Å². The predicted octanol–water partition coefficient (Wildman–Crippen LogP) is 1.39. The topological polar surface area (TPSA) is 95.4 Å². The quantitative estimate of drug-likeness (QED) is 0.743. The molecule has 0 aliphatic rings. The molecule has 0 spiro atoms. The van der Waals surface area contributed by atoms with Crippen LogP contribution in [-0.4, -0.2) is 26.2 Å². The minimum Gasteiger partial charge on any atom is -0.508 e. The fraction of sp³-hybridized carbons (Fsp3) is 0.0909. The van der Waals surface area contributed by atoms with Gasteiger partial charge in [0.25, 0.3) is 0 Å². The van der Waals surface area contributed by atoms with E-state index in [-0.39, 0.29) is 18.1 Å². The number of aromatic carboxylic acids is 1. The highest BCUT2D eigenvalue weighted by Gasteiger charge is 2.13. The summed E-state index contributed by atoms with van der Waals surface area (Å²) in [5, 5.41) is 17.9. The molecule has 6 nitrogen and oxygen atoms in total. The Morgan fingerprint density at radius 2 is 2.06 bits per heavy atom. The van der Waals surface area contributed by atoms with Crippen molar-refractivity contribution in [3.8, 4) is 11.5 Å². The van der Waals surface area contributed by atoms with E-state index in [9.17, 15) is 4.79 Å². The monoisotopic (exact) mass is 234 g/mol. The number of benzene rings is 1. The van der Waals surface area contributed by atoms with Gasteiger partial charge in [-0.05, 0) is 24.3 Å². The summed E-state index contributed by atoms with van der Waals surface area (Å²) in [6, 6.07) is 6.15. The summed E-state index contributed by atoms with van der Waals surface area (Å²) in [5.74, 6) is -0.422. The summed E-state index contributed by atoms with van der Waals surface area (Å²) >= 11 is 0. The van der Waals surface area contributed by atoms with E-state index in [0.717, 1.165) is 0 Å². The average molecular weight is 234 g/mol. The average Bonchev–Trinajstić information content (AvgIpc) is 2.76. The Bertz CT molecular complexity index is 519. The molecule has 0 radical (unpaired) electrons. The van der Waals surface area contributed by atoms with Crippen LogP contribution in [0.1, 0.15) is 16.2 Å². The van der Waals surface area contributed by atoms with Crippen molar-refractivity contribution in [3.63, 3.8) is 0 Å². The summed E-state index contributed by atoms with van der Waals surface area (Å²) in [6.45, 7) is 0.0758. The van der Waals surface area contributed by atoms with Crippen LogP contribution in [0.15, 0.2) is 30.6 Å². The lowest BCUT2D eigenvalue weighted by molar-refractivity contribution is 0.0688. The minimum absolute atomic E-state index is 0.0521. The van der Waals surface area contributed by atoms with Crippen molar-refractivity contribution in [2.45, 2.75) is 6.61 Å². The molecule has 2 rings (SSSR count). The zero-order chi connectivity index (χ0) is 12.3. The third-order valence-electron chi connectivity index (χ3n) is 2.14. The molecule has 0 unspecified atom stereocenters. The van der Waals surface area contributed by atoms with Gasteiger partial charge in [0, 0.05) is 0 Å². The van der Waals surface area contributed by atoms with Gasteiger partial charge in [0.2, 0.25) is 0 Å². The van der Waals surface area contributed by atoms with Crippen molar-refractivity contribution >= 4 is 5.97 Å². The van der Waals surface area contributed by atoms with Gasteiger partial charge in [-0.3, -0.25) is 0 Å². The van der Waals surface area contributed by atoms with Crippen LogP contribution >= 0.6 is 0 Å². The highest BCUT2D eigenvalue weighted by molar-refractivity contribution is 5.86. The number of ether oxygens (including phenoxy) is 1. The molecule has 3 N–H and O–H groups in total. The van der Waals surface area contributed by atoms with Crippen molar-refractivity contribution < 1.29 is 19.7 Å². The number of nitrogens with one attached hydrogen (secondary N) is 1. The lowest BCUT2D eigenvalue weighted by atomic mass is 10.3. The molecule has 1 aromatic carbocycles. The normalized spacial score (nSPS) is 10.1. The number of H-pyrrole nitrogens is 1. The number of carbonyl (C=O) groups is 1. The van der Waals surface area contributed by atoms with Crippen molar-refractivity contribution in [1.29, 1.82) is 0 Å². The number of hydrogen-bond acceptors (Lipinski definition) is 4. The number of carboxylic acid groups (broad SMARTS) is 1. The highest BCUT2D eigenvalue weighted by atomic mass is 16.5. The molecule has 0 amide bonds. The Morgan fingerprint density at radius 3 is 2.71 bits per heavy atom. The van der Waals surface area contributed by atoms with Crippen LogP contribution in [0, 0.1) is 0 Å². The van der Waals surface area contributed by atoms with E-state index in [1.807, 2.05) is 0 Å². The second-order valence-electron chi connectivity index (χ2n) is 3.32. The lowest BCUT2D eigenvalue weighted by Gasteiger charge is -2.05. The third-order valence-corrected chi connectivity index (χ3v) is 2.14. The Kier molecular flexibility index (Phi) is 2.95. The van der Waals surface area contributed by atoms with E-state index >= 15 is 0 Å². The number of imidazole rings is 1. The van der Waals surface area contributed by atoms with Crippen LogP contribution in [0.5, 0.6) is 11.5 Å². The van der Waals surface area contributed by atoms with Gasteiger partial charge in [0.05, 0.1) is 12.0 Å². The third kappa shape index (κ3) is 2.54. The molecule has 1 aromatic heterocycles. The van der Waals surface area contributed by atoms with E-state index < -0.39 is 5.97 Å². The standard InChI is InChI=1S/C11H10N2O4/c14-7-1-3-8(4-2-7)17-5-9-10(11(15)16)13-6-12-9/h1-4,6,14H,5H2,(H,12,13)(H,15,16). The second-order valence-corrected chi connectivity index (χ2v) is 3.32. The van der Waals surface area contributed by atoms with Crippen LogP contribution < -0.4 is 4.74 Å². The van der Waals surface area contributed by atoms with Gasteiger partial charge in [0.15, 0.2) is 5.69 Å². The first-order valence-corrected chi connectivity index (χ1v) is 4.84. The van der Waals surface area contributed by atoms with Gasteiger partial charge in [0.1, 0.15) is 18.1 Å². The fourth-order valence-corrected chi connectivity index (χ4v) is 1.31. The number of rotatable bonds is 4. The molecule has 6 heteroatoms. The first kappa shape index (κ1) is 11.0. The number of phenolic OH excluding ortho intramolecular Hbond substituents is 1. The first-order chi connectivity index (χ1) is 8.16. The number of aromatic amines is 1. The number of hydrogen-bond donors (Lipinski definition) is 3. The maximum atomic E-state index is 10.8. The van der Waals surface area contributed by atoms with E-state index in [2.05, 4.69) is 9.97 Å². The molecule has 0 bridgehead atoms. The SMILES string of the molecule is O=C(O)c1nc[nH]c1COc1ccc(O)cc1. The molecular weight excluding hydrogens is 224 g/mol. The maximum absolute atomic E-state index is 10.8. The van der Waals surface area contributed by atoms with Crippen LogP contribution in [0.3, 0.4) is 0 Å². The number of nitrogens with zero attached hydrogens (tertiary/aromatic N) is 1. The van der Waals surface area contributed by atoms with Gasteiger partial charge in [-0.2, -0.15) is 0 Å². The van der Waals surface area contributed by atoms with Crippen molar-refractivity contribution in [3.05, 3.63) is 42.0 Å². The smallest absolute Gasteiger partial charge is 0.356 e. The van der Waals surface area contributed by atoms with E-state index in [1.165, 1.54) is 18.5 Å². The summed E-state index contributed by atoms with van der Waals surface area (Å²) < 4.78 is 5.35. The molecule has 0 aliphatic heterocycles. The molecule has 0 aliphatic carbocycles. The number of aromatic hydroxyl groups is 1. The van der Waals surface area contributed by atoms with Gasteiger partial charge >= 0.3 is 5.97 Å². The van der Waals surface area contributed by atoms with Crippen LogP contribution in [0.2, 0.25) is 0 Å². The summed E-state index contributed by atoms with van der Waals surface area (Å²) in [4.78, 5) is 17.1. The van der Waals surface area contributed by atoms with Crippen LogP contribution in [-0.2, 0) is 6.61 Å². The summed E-state index contributed by atoms with van der Waals surface area (Å²) in [7, 11) is 0. The first-order valence-electron chi connectivity index (χ1n) is 4.84. The van der Waals surface area contributed by atoms with Crippen molar-refractivity contribution in [1.82, 2.24) is 9.97 Å². The molecule has 0 saturated heterocycles. The molecule has 0 saturated carbocycles. The molecule has 88 valence electrons. The molecule has 17 heavy (non-hydrogen) atoms. The molecule has 0 fully saturated rings. The highest BCUT2D eigenvalue weighted by Crippen LogP contribution is 2.17. The maximum Gasteiger partial charge on any atom is 0.356 e.